The van der Waals surface area contributed by atoms with Gasteiger partial charge in [0.05, 0.1) is 45.4 Å². The summed E-state index contributed by atoms with van der Waals surface area (Å²) in [6, 6.07) is 13.4. The highest BCUT2D eigenvalue weighted by molar-refractivity contribution is 7.85. The molecule has 0 spiro atoms. The monoisotopic (exact) mass is 755 g/mol. The van der Waals surface area contributed by atoms with Crippen molar-refractivity contribution in [2.75, 3.05) is 57.7 Å². The quantitative estimate of drug-likeness (QED) is 0.158. The number of nitrogens with zero attached hydrogens (tertiary/aromatic N) is 4. The number of carbonyl (C=O) groups excluding carboxylic acids is 2. The minimum Gasteiger partial charge on any atom is -0.496 e. The van der Waals surface area contributed by atoms with Gasteiger partial charge in [-0.05, 0) is 83.9 Å². The fraction of sp³-hybridized carbons (Fsp3) is 0.526. The molecule has 1 saturated heterocycles. The number of alkyl carbamates (subject to hydrolysis) is 1. The lowest BCUT2D eigenvalue weighted by Gasteiger charge is -2.30. The number of rotatable bonds is 14. The first-order chi connectivity index (χ1) is 24.9. The van der Waals surface area contributed by atoms with Crippen LogP contribution in [0.15, 0.2) is 48.7 Å². The van der Waals surface area contributed by atoms with Gasteiger partial charge in [0, 0.05) is 61.2 Å². The molecule has 0 unspecified atom stereocenters. The SMILES string of the molecule is COc1ccc(-c2ccnc(Cc3ccc(N4CCOCC4)c(COS(C)(=O)=O)c3)n2)cc1CN(CCCNC(=O)OC(C)(C)C)C(=O)OC(C)(C)C. The Morgan fingerprint density at radius 1 is 0.962 bits per heavy atom. The zero-order valence-electron chi connectivity index (χ0n) is 32.1. The van der Waals surface area contributed by atoms with Crippen molar-refractivity contribution in [3.8, 4) is 17.0 Å². The molecule has 1 N–H and O–H groups in total. The number of anilines is 1. The van der Waals surface area contributed by atoms with E-state index in [4.69, 9.17) is 28.1 Å². The van der Waals surface area contributed by atoms with Gasteiger partial charge in [0.15, 0.2) is 0 Å². The van der Waals surface area contributed by atoms with Crippen LogP contribution in [0, 0.1) is 0 Å². The van der Waals surface area contributed by atoms with E-state index in [2.05, 4.69) is 15.2 Å². The lowest BCUT2D eigenvalue weighted by Crippen LogP contribution is -2.39. The fourth-order valence-corrected chi connectivity index (χ4v) is 5.92. The van der Waals surface area contributed by atoms with Crippen molar-refractivity contribution in [3.63, 3.8) is 0 Å². The van der Waals surface area contributed by atoms with E-state index >= 15 is 0 Å². The van der Waals surface area contributed by atoms with Crippen molar-refractivity contribution in [1.82, 2.24) is 20.2 Å². The van der Waals surface area contributed by atoms with Gasteiger partial charge < -0.3 is 34.1 Å². The molecule has 0 aliphatic carbocycles. The van der Waals surface area contributed by atoms with Crippen LogP contribution in [-0.2, 0) is 48.1 Å². The molecule has 3 aromatic rings. The summed E-state index contributed by atoms with van der Waals surface area (Å²) in [4.78, 5) is 38.6. The Morgan fingerprint density at radius 2 is 1.68 bits per heavy atom. The lowest BCUT2D eigenvalue weighted by atomic mass is 10.0. The van der Waals surface area contributed by atoms with E-state index in [0.29, 0.717) is 69.5 Å². The van der Waals surface area contributed by atoms with Gasteiger partial charge in [0.2, 0.25) is 0 Å². The Bertz CT molecular complexity index is 1820. The Hall–Kier alpha value is -4.47. The third-order valence-corrected chi connectivity index (χ3v) is 8.40. The predicted octanol–water partition coefficient (Wildman–Crippen LogP) is 5.71. The second kappa shape index (κ2) is 18.0. The van der Waals surface area contributed by atoms with Gasteiger partial charge in [-0.1, -0.05) is 12.1 Å². The van der Waals surface area contributed by atoms with Crippen LogP contribution in [0.1, 0.15) is 70.5 Å². The Labute approximate surface area is 313 Å². The Morgan fingerprint density at radius 3 is 2.34 bits per heavy atom. The molecule has 15 heteroatoms. The standard InChI is InChI=1S/C38H53N5O9S/c1-37(2,3)51-35(44)40-15-9-17-43(36(45)52-38(4,5)6)25-29-24-28(11-13-33(29)48-7)31-14-16-39-34(41-31)23-27-10-12-32(42-18-20-49-21-19-42)30(22-27)26-50-53(8,46)47/h10-14,16,22,24H,9,15,17-21,23,25-26H2,1-8H3,(H,40,44). The van der Waals surface area contributed by atoms with Gasteiger partial charge in [-0.15, -0.1) is 0 Å². The number of nitrogens with one attached hydrogen (secondary N) is 1. The molecule has 0 radical (unpaired) electrons. The molecule has 1 fully saturated rings. The third kappa shape index (κ3) is 13.8. The average Bonchev–Trinajstić information content (AvgIpc) is 3.07. The van der Waals surface area contributed by atoms with Crippen molar-refractivity contribution < 1.29 is 41.1 Å². The molecule has 1 aromatic heterocycles. The van der Waals surface area contributed by atoms with Gasteiger partial charge in [0.1, 0.15) is 22.8 Å². The summed E-state index contributed by atoms with van der Waals surface area (Å²) < 4.78 is 51.1. The number of carbonyl (C=O) groups is 2. The normalized spacial score (nSPS) is 13.7. The topological polar surface area (TPSA) is 159 Å². The molecule has 1 aliphatic heterocycles. The molecule has 2 amide bonds. The van der Waals surface area contributed by atoms with E-state index in [0.717, 1.165) is 34.2 Å². The van der Waals surface area contributed by atoms with E-state index in [1.165, 1.54) is 0 Å². The molecule has 0 bridgehead atoms. The summed E-state index contributed by atoms with van der Waals surface area (Å²) in [7, 11) is -2.07. The van der Waals surface area contributed by atoms with Crippen molar-refractivity contribution in [2.45, 2.75) is 78.7 Å². The van der Waals surface area contributed by atoms with E-state index in [1.807, 2.05) is 63.2 Å². The number of hydrogen-bond donors (Lipinski definition) is 1. The lowest BCUT2D eigenvalue weighted by molar-refractivity contribution is 0.0230. The number of amides is 2. The number of methoxy groups -OCH3 is 1. The average molecular weight is 756 g/mol. The van der Waals surface area contributed by atoms with Crippen LogP contribution in [0.3, 0.4) is 0 Å². The highest BCUT2D eigenvalue weighted by Gasteiger charge is 2.24. The molecule has 1 aliphatic rings. The molecule has 2 aromatic carbocycles. The number of aromatic nitrogens is 2. The summed E-state index contributed by atoms with van der Waals surface area (Å²) >= 11 is 0. The second-order valence-electron chi connectivity index (χ2n) is 14.8. The van der Waals surface area contributed by atoms with Gasteiger partial charge in [-0.3, -0.25) is 4.18 Å². The number of benzene rings is 2. The second-order valence-corrected chi connectivity index (χ2v) is 16.4. The predicted molar refractivity (Wildman–Crippen MR) is 201 cm³/mol. The van der Waals surface area contributed by atoms with Crippen LogP contribution >= 0.6 is 0 Å². The van der Waals surface area contributed by atoms with Crippen LogP contribution in [0.25, 0.3) is 11.3 Å². The van der Waals surface area contributed by atoms with Crippen molar-refractivity contribution in [2.24, 2.45) is 0 Å². The van der Waals surface area contributed by atoms with Gasteiger partial charge in [-0.25, -0.2) is 19.6 Å². The molecular formula is C38H53N5O9S. The van der Waals surface area contributed by atoms with Crippen LogP contribution < -0.4 is 15.0 Å². The Balaban J connectivity index is 1.54. The van der Waals surface area contributed by atoms with Gasteiger partial charge in [0.25, 0.3) is 10.1 Å². The van der Waals surface area contributed by atoms with Gasteiger partial charge in [-0.2, -0.15) is 8.42 Å². The molecule has 0 saturated carbocycles. The first-order valence-electron chi connectivity index (χ1n) is 17.6. The van der Waals surface area contributed by atoms with Crippen molar-refractivity contribution in [1.29, 1.82) is 0 Å². The largest absolute Gasteiger partial charge is 0.496 e. The maximum Gasteiger partial charge on any atom is 0.410 e. The molecule has 290 valence electrons. The first-order valence-corrected chi connectivity index (χ1v) is 19.4. The van der Waals surface area contributed by atoms with E-state index in [-0.39, 0.29) is 13.2 Å². The number of hydrogen-bond acceptors (Lipinski definition) is 12. The summed E-state index contributed by atoms with van der Waals surface area (Å²) in [6.07, 6.45) is 2.58. The maximum atomic E-state index is 13.4. The molecule has 2 heterocycles. The zero-order chi connectivity index (χ0) is 38.8. The van der Waals surface area contributed by atoms with E-state index < -0.39 is 33.5 Å². The van der Waals surface area contributed by atoms with E-state index in [1.54, 1.807) is 39.0 Å². The minimum absolute atomic E-state index is 0.0878. The zero-order valence-corrected chi connectivity index (χ0v) is 32.9. The smallest absolute Gasteiger partial charge is 0.410 e. The first kappa shape index (κ1) is 41.3. The summed E-state index contributed by atoms with van der Waals surface area (Å²) in [5, 5.41) is 2.74. The molecule has 53 heavy (non-hydrogen) atoms. The molecule has 14 nitrogen and oxygen atoms in total. The molecule has 0 atom stereocenters. The number of morpholine rings is 1. The number of ether oxygens (including phenoxy) is 4. The summed E-state index contributed by atoms with van der Waals surface area (Å²) in [5.74, 6) is 1.16. The van der Waals surface area contributed by atoms with Crippen LogP contribution in [0.5, 0.6) is 5.75 Å². The molecule has 4 rings (SSSR count). The highest BCUT2D eigenvalue weighted by atomic mass is 32.2. The van der Waals surface area contributed by atoms with E-state index in [9.17, 15) is 18.0 Å². The third-order valence-electron chi connectivity index (χ3n) is 7.85. The summed E-state index contributed by atoms with van der Waals surface area (Å²) in [5.41, 5.74) is 3.44. The highest BCUT2D eigenvalue weighted by Crippen LogP contribution is 2.29. The Kier molecular flexibility index (Phi) is 14.1. The van der Waals surface area contributed by atoms with Crippen molar-refractivity contribution >= 4 is 28.0 Å². The van der Waals surface area contributed by atoms with Gasteiger partial charge >= 0.3 is 12.2 Å². The van der Waals surface area contributed by atoms with Crippen LogP contribution in [0.4, 0.5) is 15.3 Å². The van der Waals surface area contributed by atoms with Crippen molar-refractivity contribution in [3.05, 3.63) is 71.2 Å². The summed E-state index contributed by atoms with van der Waals surface area (Å²) in [6.45, 7) is 14.1. The molecular weight excluding hydrogens is 703 g/mol. The maximum absolute atomic E-state index is 13.4. The fourth-order valence-electron chi connectivity index (χ4n) is 5.58. The van der Waals surface area contributed by atoms with Crippen LogP contribution in [-0.4, -0.2) is 99.4 Å². The van der Waals surface area contributed by atoms with Crippen LogP contribution in [0.2, 0.25) is 0 Å². The minimum atomic E-state index is -3.65.